The van der Waals surface area contributed by atoms with Gasteiger partial charge < -0.3 is 5.32 Å². The van der Waals surface area contributed by atoms with Crippen molar-refractivity contribution in [2.75, 3.05) is 0 Å². The second-order valence-corrected chi connectivity index (χ2v) is 7.91. The molecule has 1 fully saturated rings. The maximum atomic E-state index is 3.82. The van der Waals surface area contributed by atoms with Crippen molar-refractivity contribution in [1.29, 1.82) is 0 Å². The first kappa shape index (κ1) is 15.2. The van der Waals surface area contributed by atoms with E-state index < -0.39 is 0 Å². The zero-order chi connectivity index (χ0) is 15.8. The normalized spacial score (nSPS) is 28.9. The number of nitrogens with one attached hydrogen (secondary N) is 1. The minimum absolute atomic E-state index is 0.201. The molecule has 3 aliphatic rings. The van der Waals surface area contributed by atoms with E-state index in [9.17, 15) is 0 Å². The molecule has 118 valence electrons. The molecule has 0 saturated heterocycles. The average Bonchev–Trinajstić information content (AvgIpc) is 2.63. The van der Waals surface area contributed by atoms with E-state index in [-0.39, 0.29) is 11.0 Å². The number of allylic oxidation sites excluding steroid dienone is 1. The molecule has 0 atom stereocenters. The van der Waals surface area contributed by atoms with Gasteiger partial charge >= 0.3 is 0 Å². The molecule has 1 nitrogen and oxygen atoms in total. The molecule has 0 aliphatic heterocycles. The van der Waals surface area contributed by atoms with Crippen LogP contribution in [0.15, 0.2) is 71.2 Å². The Labute approximate surface area is 146 Å². The number of fused-ring (bicyclic) bond motifs is 2. The standard InChI is InChI=1S/C21H22BrN/c22-19-8-6-18(7-9-19)20-10-13-21(14-11-20,15-12-20)23-16-17-4-2-1-3-5-17/h1-10,13,23H,11-12,14-16H2. The summed E-state index contributed by atoms with van der Waals surface area (Å²) in [5.74, 6) is 0. The molecule has 23 heavy (non-hydrogen) atoms. The highest BCUT2D eigenvalue weighted by Gasteiger charge is 2.45. The Kier molecular flexibility index (Phi) is 3.90. The predicted molar refractivity (Wildman–Crippen MR) is 99.4 cm³/mol. The monoisotopic (exact) mass is 367 g/mol. The summed E-state index contributed by atoms with van der Waals surface area (Å²) in [4.78, 5) is 0. The molecule has 0 heterocycles. The molecule has 0 aromatic heterocycles. The summed E-state index contributed by atoms with van der Waals surface area (Å²) in [6, 6.07) is 19.6. The average molecular weight is 368 g/mol. The lowest BCUT2D eigenvalue weighted by atomic mass is 9.59. The van der Waals surface area contributed by atoms with E-state index in [1.807, 2.05) is 0 Å². The first-order valence-electron chi connectivity index (χ1n) is 8.45. The minimum atomic E-state index is 0.201. The van der Waals surface area contributed by atoms with Crippen LogP contribution in [0.2, 0.25) is 0 Å². The van der Waals surface area contributed by atoms with E-state index in [0.717, 1.165) is 11.0 Å². The first-order chi connectivity index (χ1) is 11.2. The highest BCUT2D eigenvalue weighted by atomic mass is 79.9. The summed E-state index contributed by atoms with van der Waals surface area (Å²) < 4.78 is 1.16. The minimum Gasteiger partial charge on any atom is -0.304 e. The van der Waals surface area contributed by atoms with Gasteiger partial charge in [0.1, 0.15) is 0 Å². The molecular weight excluding hydrogens is 346 g/mol. The number of rotatable bonds is 4. The van der Waals surface area contributed by atoms with Gasteiger partial charge in [-0.25, -0.2) is 0 Å². The van der Waals surface area contributed by atoms with Gasteiger partial charge in [0.05, 0.1) is 0 Å². The van der Waals surface area contributed by atoms with Crippen molar-refractivity contribution in [2.45, 2.75) is 43.2 Å². The fraction of sp³-hybridized carbons (Fsp3) is 0.333. The zero-order valence-corrected chi connectivity index (χ0v) is 14.9. The van der Waals surface area contributed by atoms with E-state index in [1.165, 1.54) is 36.8 Å². The molecule has 2 aromatic carbocycles. The molecule has 1 N–H and O–H groups in total. The second-order valence-electron chi connectivity index (χ2n) is 6.99. The summed E-state index contributed by atoms with van der Waals surface area (Å²) in [5, 5.41) is 3.82. The van der Waals surface area contributed by atoms with Crippen molar-refractivity contribution in [2.24, 2.45) is 0 Å². The van der Waals surface area contributed by atoms with Gasteiger partial charge in [0.15, 0.2) is 0 Å². The lowest BCUT2D eigenvalue weighted by Gasteiger charge is -2.50. The van der Waals surface area contributed by atoms with Gasteiger partial charge in [-0.3, -0.25) is 0 Å². The molecule has 5 rings (SSSR count). The van der Waals surface area contributed by atoms with Gasteiger partial charge in [-0.05, 0) is 48.9 Å². The Bertz CT molecular complexity index is 694. The fourth-order valence-corrected chi connectivity index (χ4v) is 4.34. The van der Waals surface area contributed by atoms with E-state index >= 15 is 0 Å². The van der Waals surface area contributed by atoms with Gasteiger partial charge in [-0.1, -0.05) is 70.5 Å². The van der Waals surface area contributed by atoms with Gasteiger partial charge in [-0.15, -0.1) is 0 Å². The molecule has 0 unspecified atom stereocenters. The third-order valence-corrected chi connectivity index (χ3v) is 6.19. The predicted octanol–water partition coefficient (Wildman–Crippen LogP) is 5.36. The Balaban J connectivity index is 1.51. The molecule has 2 heteroatoms. The summed E-state index contributed by atoms with van der Waals surface area (Å²) >= 11 is 3.54. The van der Waals surface area contributed by atoms with E-state index in [4.69, 9.17) is 0 Å². The van der Waals surface area contributed by atoms with Crippen molar-refractivity contribution in [3.05, 3.63) is 82.3 Å². The molecule has 2 bridgehead atoms. The number of hydrogen-bond donors (Lipinski definition) is 1. The highest BCUT2D eigenvalue weighted by molar-refractivity contribution is 9.10. The first-order valence-corrected chi connectivity index (χ1v) is 9.25. The van der Waals surface area contributed by atoms with Crippen molar-refractivity contribution in [3.8, 4) is 0 Å². The van der Waals surface area contributed by atoms with Crippen LogP contribution in [-0.4, -0.2) is 5.54 Å². The van der Waals surface area contributed by atoms with Gasteiger partial charge in [0.25, 0.3) is 0 Å². The van der Waals surface area contributed by atoms with Crippen LogP contribution < -0.4 is 5.32 Å². The maximum Gasteiger partial charge on any atom is 0.0368 e. The Hall–Kier alpha value is -1.38. The molecule has 0 radical (unpaired) electrons. The van der Waals surface area contributed by atoms with Crippen LogP contribution in [-0.2, 0) is 12.0 Å². The SMILES string of the molecule is Brc1ccc(C23C=CC(NCc4ccccc4)(CC2)CC3)cc1. The highest BCUT2D eigenvalue weighted by Crippen LogP contribution is 2.49. The third-order valence-electron chi connectivity index (χ3n) is 5.66. The summed E-state index contributed by atoms with van der Waals surface area (Å²) in [5.41, 5.74) is 3.29. The van der Waals surface area contributed by atoms with Crippen LogP contribution in [0.5, 0.6) is 0 Å². The number of halogens is 1. The Morgan fingerprint density at radius 2 is 1.52 bits per heavy atom. The lowest BCUT2D eigenvalue weighted by molar-refractivity contribution is 0.205. The topological polar surface area (TPSA) is 12.0 Å². The Morgan fingerprint density at radius 1 is 0.826 bits per heavy atom. The van der Waals surface area contributed by atoms with Crippen molar-refractivity contribution in [1.82, 2.24) is 5.32 Å². The van der Waals surface area contributed by atoms with Crippen molar-refractivity contribution in [3.63, 3.8) is 0 Å². The maximum absolute atomic E-state index is 3.82. The van der Waals surface area contributed by atoms with Crippen LogP contribution in [0.4, 0.5) is 0 Å². The Morgan fingerprint density at radius 3 is 2.13 bits per heavy atom. The summed E-state index contributed by atoms with van der Waals surface area (Å²) in [6.07, 6.45) is 9.87. The van der Waals surface area contributed by atoms with E-state index in [0.29, 0.717) is 0 Å². The van der Waals surface area contributed by atoms with Crippen LogP contribution >= 0.6 is 15.9 Å². The van der Waals surface area contributed by atoms with E-state index in [2.05, 4.69) is 88.0 Å². The van der Waals surface area contributed by atoms with Crippen molar-refractivity contribution >= 4 is 15.9 Å². The molecular formula is C21H22BrN. The van der Waals surface area contributed by atoms with Gasteiger partial charge in [-0.2, -0.15) is 0 Å². The smallest absolute Gasteiger partial charge is 0.0368 e. The molecule has 0 spiro atoms. The van der Waals surface area contributed by atoms with E-state index in [1.54, 1.807) is 0 Å². The second kappa shape index (κ2) is 5.92. The quantitative estimate of drug-likeness (QED) is 0.717. The molecule has 2 aromatic rings. The van der Waals surface area contributed by atoms with Crippen LogP contribution in [0.3, 0.4) is 0 Å². The fourth-order valence-electron chi connectivity index (χ4n) is 4.07. The summed E-state index contributed by atoms with van der Waals surface area (Å²) in [7, 11) is 0. The molecule has 1 saturated carbocycles. The molecule has 0 amide bonds. The van der Waals surface area contributed by atoms with Crippen LogP contribution in [0, 0.1) is 0 Å². The van der Waals surface area contributed by atoms with Crippen LogP contribution in [0.1, 0.15) is 36.8 Å². The molecule has 3 aliphatic carbocycles. The largest absolute Gasteiger partial charge is 0.304 e. The van der Waals surface area contributed by atoms with Crippen LogP contribution in [0.25, 0.3) is 0 Å². The lowest BCUT2D eigenvalue weighted by Crippen LogP contribution is -2.52. The number of benzene rings is 2. The number of hydrogen-bond acceptors (Lipinski definition) is 1. The van der Waals surface area contributed by atoms with Gasteiger partial charge in [0, 0.05) is 22.0 Å². The van der Waals surface area contributed by atoms with Gasteiger partial charge in [0.2, 0.25) is 0 Å². The zero-order valence-electron chi connectivity index (χ0n) is 13.3. The van der Waals surface area contributed by atoms with Crippen molar-refractivity contribution < 1.29 is 0 Å². The third kappa shape index (κ3) is 2.90. The summed E-state index contributed by atoms with van der Waals surface area (Å²) in [6.45, 7) is 0.955.